The summed E-state index contributed by atoms with van der Waals surface area (Å²) >= 11 is 0. The number of anilines is 1. The van der Waals surface area contributed by atoms with Gasteiger partial charge in [0.05, 0.1) is 6.54 Å². The van der Waals surface area contributed by atoms with Crippen LogP contribution in [0.25, 0.3) is 0 Å². The number of carbonyl (C=O) groups excluding carboxylic acids is 1. The first kappa shape index (κ1) is 14.0. The maximum absolute atomic E-state index is 12.7. The van der Waals surface area contributed by atoms with Gasteiger partial charge in [0, 0.05) is 11.7 Å². The molecule has 0 unspecified atom stereocenters. The van der Waals surface area contributed by atoms with Crippen molar-refractivity contribution in [3.05, 3.63) is 30.1 Å². The Balaban J connectivity index is 1.73. The highest BCUT2D eigenvalue weighted by Gasteiger charge is 2.21. The highest BCUT2D eigenvalue weighted by molar-refractivity contribution is 5.92. The van der Waals surface area contributed by atoms with Crippen LogP contribution in [0, 0.1) is 11.7 Å². The topological polar surface area (TPSA) is 41.1 Å². The molecular weight excluding hydrogens is 243 g/mol. The molecule has 1 aromatic carbocycles. The fourth-order valence-corrected chi connectivity index (χ4v) is 2.62. The molecule has 1 aromatic rings. The lowest BCUT2D eigenvalue weighted by atomic mass is 10.00. The Morgan fingerprint density at radius 2 is 1.95 bits per heavy atom. The molecule has 1 aliphatic rings. The maximum Gasteiger partial charge on any atom is 0.238 e. The van der Waals surface area contributed by atoms with E-state index in [-0.39, 0.29) is 11.7 Å². The molecule has 3 nitrogen and oxygen atoms in total. The Morgan fingerprint density at radius 1 is 1.32 bits per heavy atom. The van der Waals surface area contributed by atoms with Crippen LogP contribution < -0.4 is 10.6 Å². The number of carbonyl (C=O) groups is 1. The third-order valence-corrected chi connectivity index (χ3v) is 3.82. The minimum atomic E-state index is -0.300. The summed E-state index contributed by atoms with van der Waals surface area (Å²) in [5.41, 5.74) is 0.627. The number of rotatable bonds is 5. The molecule has 1 amide bonds. The number of nitrogens with one attached hydrogen (secondary N) is 2. The van der Waals surface area contributed by atoms with E-state index in [1.165, 1.54) is 37.8 Å². The lowest BCUT2D eigenvalue weighted by Crippen LogP contribution is -2.38. The van der Waals surface area contributed by atoms with Gasteiger partial charge in [-0.05, 0) is 49.9 Å². The van der Waals surface area contributed by atoms with Crippen molar-refractivity contribution in [1.29, 1.82) is 0 Å². The van der Waals surface area contributed by atoms with E-state index in [4.69, 9.17) is 0 Å². The molecule has 2 N–H and O–H groups in total. The SMILES string of the molecule is C[C@@H](NCC(=O)Nc1ccc(F)cc1)C1CCCC1. The molecule has 0 radical (unpaired) electrons. The summed E-state index contributed by atoms with van der Waals surface area (Å²) < 4.78 is 12.7. The minimum Gasteiger partial charge on any atom is -0.325 e. The van der Waals surface area contributed by atoms with Crippen LogP contribution in [0.2, 0.25) is 0 Å². The summed E-state index contributed by atoms with van der Waals surface area (Å²) in [6, 6.07) is 6.18. The van der Waals surface area contributed by atoms with Crippen molar-refractivity contribution in [2.24, 2.45) is 5.92 Å². The predicted octanol–water partition coefficient (Wildman–Crippen LogP) is 2.93. The van der Waals surface area contributed by atoms with Crippen LogP contribution in [-0.4, -0.2) is 18.5 Å². The molecular formula is C15H21FN2O. The van der Waals surface area contributed by atoms with Crippen molar-refractivity contribution in [3.8, 4) is 0 Å². The fraction of sp³-hybridized carbons (Fsp3) is 0.533. The Hall–Kier alpha value is -1.42. The number of halogens is 1. The van der Waals surface area contributed by atoms with Gasteiger partial charge in [0.2, 0.25) is 5.91 Å². The molecule has 2 rings (SSSR count). The van der Waals surface area contributed by atoms with Gasteiger partial charge in [-0.2, -0.15) is 0 Å². The first-order valence-corrected chi connectivity index (χ1v) is 6.94. The molecule has 4 heteroatoms. The number of benzene rings is 1. The third kappa shape index (κ3) is 4.31. The van der Waals surface area contributed by atoms with E-state index in [2.05, 4.69) is 17.6 Å². The van der Waals surface area contributed by atoms with Crippen molar-refractivity contribution >= 4 is 11.6 Å². The van der Waals surface area contributed by atoms with E-state index in [1.54, 1.807) is 12.1 Å². The van der Waals surface area contributed by atoms with Gasteiger partial charge < -0.3 is 10.6 Å². The first-order valence-electron chi connectivity index (χ1n) is 6.94. The van der Waals surface area contributed by atoms with Crippen molar-refractivity contribution in [2.75, 3.05) is 11.9 Å². The first-order chi connectivity index (χ1) is 9.15. The van der Waals surface area contributed by atoms with Gasteiger partial charge >= 0.3 is 0 Å². The van der Waals surface area contributed by atoms with Crippen molar-refractivity contribution in [3.63, 3.8) is 0 Å². The molecule has 0 heterocycles. The maximum atomic E-state index is 12.7. The van der Waals surface area contributed by atoms with E-state index >= 15 is 0 Å². The zero-order valence-corrected chi connectivity index (χ0v) is 11.3. The van der Waals surface area contributed by atoms with E-state index in [0.717, 1.165) is 0 Å². The number of amides is 1. The predicted molar refractivity (Wildman–Crippen MR) is 74.5 cm³/mol. The Labute approximate surface area is 113 Å². The third-order valence-electron chi connectivity index (χ3n) is 3.82. The largest absolute Gasteiger partial charge is 0.325 e. The molecule has 104 valence electrons. The van der Waals surface area contributed by atoms with Crippen molar-refractivity contribution in [1.82, 2.24) is 5.32 Å². The second-order valence-electron chi connectivity index (χ2n) is 5.27. The standard InChI is InChI=1S/C15H21FN2O/c1-11(12-4-2-3-5-12)17-10-15(19)18-14-8-6-13(16)7-9-14/h6-9,11-12,17H,2-5,10H2,1H3,(H,18,19)/t11-/m1/s1. The van der Waals surface area contributed by atoms with Crippen LogP contribution in [0.5, 0.6) is 0 Å². The van der Waals surface area contributed by atoms with Gasteiger partial charge in [-0.3, -0.25) is 4.79 Å². The molecule has 0 bridgehead atoms. The Kier molecular flexibility index (Phi) is 4.91. The summed E-state index contributed by atoms with van der Waals surface area (Å²) in [6.45, 7) is 2.44. The van der Waals surface area contributed by atoms with Gasteiger partial charge in [0.15, 0.2) is 0 Å². The zero-order chi connectivity index (χ0) is 13.7. The van der Waals surface area contributed by atoms with Crippen LogP contribution in [0.3, 0.4) is 0 Å². The van der Waals surface area contributed by atoms with Crippen LogP contribution in [0.4, 0.5) is 10.1 Å². The highest BCUT2D eigenvalue weighted by Crippen LogP contribution is 2.27. The van der Waals surface area contributed by atoms with E-state index in [0.29, 0.717) is 24.2 Å². The van der Waals surface area contributed by atoms with Gasteiger partial charge in [-0.25, -0.2) is 4.39 Å². The lowest BCUT2D eigenvalue weighted by Gasteiger charge is -2.20. The average molecular weight is 264 g/mol. The molecule has 1 aliphatic carbocycles. The Morgan fingerprint density at radius 3 is 2.58 bits per heavy atom. The normalized spacial score (nSPS) is 17.4. The summed E-state index contributed by atoms with van der Waals surface area (Å²) in [5, 5.41) is 6.02. The molecule has 19 heavy (non-hydrogen) atoms. The van der Waals surface area contributed by atoms with Crippen LogP contribution >= 0.6 is 0 Å². The lowest BCUT2D eigenvalue weighted by molar-refractivity contribution is -0.115. The molecule has 0 aliphatic heterocycles. The van der Waals surface area contributed by atoms with Crippen molar-refractivity contribution in [2.45, 2.75) is 38.6 Å². The fourth-order valence-electron chi connectivity index (χ4n) is 2.62. The van der Waals surface area contributed by atoms with E-state index in [1.807, 2.05) is 0 Å². The second kappa shape index (κ2) is 6.66. The summed E-state index contributed by atoms with van der Waals surface area (Å²) in [5.74, 6) is 0.307. The zero-order valence-electron chi connectivity index (χ0n) is 11.3. The molecule has 0 spiro atoms. The summed E-state index contributed by atoms with van der Waals surface area (Å²) in [4.78, 5) is 11.7. The molecule has 0 aromatic heterocycles. The van der Waals surface area contributed by atoms with E-state index in [9.17, 15) is 9.18 Å². The Bertz CT molecular complexity index is 413. The quantitative estimate of drug-likeness (QED) is 0.858. The van der Waals surface area contributed by atoms with Gasteiger partial charge in [-0.15, -0.1) is 0 Å². The second-order valence-corrected chi connectivity index (χ2v) is 5.27. The summed E-state index contributed by atoms with van der Waals surface area (Å²) in [6.07, 6.45) is 5.12. The van der Waals surface area contributed by atoms with Gasteiger partial charge in [0.1, 0.15) is 5.82 Å². The van der Waals surface area contributed by atoms with Crippen LogP contribution in [-0.2, 0) is 4.79 Å². The highest BCUT2D eigenvalue weighted by atomic mass is 19.1. The van der Waals surface area contributed by atoms with Crippen LogP contribution in [0.1, 0.15) is 32.6 Å². The summed E-state index contributed by atoms with van der Waals surface area (Å²) in [7, 11) is 0. The molecule has 1 fully saturated rings. The molecule has 1 atom stereocenters. The minimum absolute atomic E-state index is 0.0866. The average Bonchev–Trinajstić information content (AvgIpc) is 2.93. The van der Waals surface area contributed by atoms with E-state index < -0.39 is 0 Å². The van der Waals surface area contributed by atoms with Gasteiger partial charge in [-0.1, -0.05) is 12.8 Å². The van der Waals surface area contributed by atoms with Crippen molar-refractivity contribution < 1.29 is 9.18 Å². The number of hydrogen-bond acceptors (Lipinski definition) is 2. The number of hydrogen-bond donors (Lipinski definition) is 2. The molecule has 1 saturated carbocycles. The molecule has 0 saturated heterocycles. The smallest absolute Gasteiger partial charge is 0.238 e. The van der Waals surface area contributed by atoms with Crippen LogP contribution in [0.15, 0.2) is 24.3 Å². The monoisotopic (exact) mass is 264 g/mol. The van der Waals surface area contributed by atoms with Gasteiger partial charge in [0.25, 0.3) is 0 Å².